The van der Waals surface area contributed by atoms with Gasteiger partial charge in [-0.25, -0.2) is 0 Å². The second-order valence-electron chi connectivity index (χ2n) is 5.74. The van der Waals surface area contributed by atoms with E-state index in [0.717, 1.165) is 0 Å². The molecule has 0 unspecified atom stereocenters. The molecule has 0 aliphatic carbocycles. The minimum Gasteiger partial charge on any atom is -0.378 e. The molecule has 0 fully saturated rings. The summed E-state index contributed by atoms with van der Waals surface area (Å²) in [4.78, 5) is 4.39. The number of hydrogen-bond acceptors (Lipinski definition) is 2. The van der Waals surface area contributed by atoms with Crippen molar-refractivity contribution in [3.05, 3.63) is 18.2 Å². The van der Waals surface area contributed by atoms with Crippen molar-refractivity contribution in [2.45, 2.75) is 19.6 Å². The summed E-state index contributed by atoms with van der Waals surface area (Å²) < 4.78 is 0. The molecule has 0 atom stereocenters. The van der Waals surface area contributed by atoms with Crippen LogP contribution in [0.2, 0.25) is 19.6 Å². The van der Waals surface area contributed by atoms with Crippen molar-refractivity contribution in [1.29, 1.82) is 0 Å². The van der Waals surface area contributed by atoms with Crippen LogP contribution in [0.5, 0.6) is 0 Å². The van der Waals surface area contributed by atoms with E-state index in [4.69, 9.17) is 0 Å². The predicted octanol–water partition coefficient (Wildman–Crippen LogP) is 2.36. The van der Waals surface area contributed by atoms with E-state index >= 15 is 0 Å². The van der Waals surface area contributed by atoms with Gasteiger partial charge in [0.25, 0.3) is 0 Å². The van der Waals surface area contributed by atoms with Crippen molar-refractivity contribution in [1.82, 2.24) is 0 Å². The fourth-order valence-corrected chi connectivity index (χ4v) is 3.45. The normalized spacial score (nSPS) is 11.4. The topological polar surface area (TPSA) is 6.48 Å². The van der Waals surface area contributed by atoms with E-state index in [1.807, 2.05) is 0 Å². The Bertz CT molecular complexity index is 365. The minimum absolute atomic E-state index is 1.29. The molecule has 0 aromatic heterocycles. The molecule has 0 aliphatic heterocycles. The van der Waals surface area contributed by atoms with Gasteiger partial charge in [-0.1, -0.05) is 19.6 Å². The Hall–Kier alpha value is -0.963. The Labute approximate surface area is 101 Å². The maximum Gasteiger partial charge on any atom is 0.0804 e. The van der Waals surface area contributed by atoms with E-state index < -0.39 is 8.07 Å². The smallest absolute Gasteiger partial charge is 0.0804 e. The summed E-state index contributed by atoms with van der Waals surface area (Å²) in [7, 11) is 7.14. The summed E-state index contributed by atoms with van der Waals surface area (Å²) in [6, 6.07) is 6.78. The van der Waals surface area contributed by atoms with E-state index in [-0.39, 0.29) is 0 Å². The van der Waals surface area contributed by atoms with Gasteiger partial charge in [0.15, 0.2) is 0 Å². The van der Waals surface area contributed by atoms with Crippen LogP contribution in [-0.4, -0.2) is 36.3 Å². The van der Waals surface area contributed by atoms with E-state index in [1.165, 1.54) is 16.6 Å². The summed E-state index contributed by atoms with van der Waals surface area (Å²) in [5, 5.41) is 1.53. The Kier molecular flexibility index (Phi) is 3.68. The van der Waals surface area contributed by atoms with Gasteiger partial charge in [0, 0.05) is 39.6 Å². The molecule has 0 saturated carbocycles. The molecule has 0 spiro atoms. The van der Waals surface area contributed by atoms with Crippen molar-refractivity contribution in [2.75, 3.05) is 38.0 Å². The number of benzene rings is 1. The summed E-state index contributed by atoms with van der Waals surface area (Å²) >= 11 is 0. The van der Waals surface area contributed by atoms with E-state index in [0.29, 0.717) is 0 Å². The molecule has 1 aromatic carbocycles. The highest BCUT2D eigenvalue weighted by atomic mass is 28.3. The van der Waals surface area contributed by atoms with Crippen molar-refractivity contribution in [3.63, 3.8) is 0 Å². The largest absolute Gasteiger partial charge is 0.378 e. The van der Waals surface area contributed by atoms with E-state index in [2.05, 4.69) is 75.8 Å². The van der Waals surface area contributed by atoms with E-state index in [9.17, 15) is 0 Å². The van der Waals surface area contributed by atoms with Gasteiger partial charge in [0.1, 0.15) is 0 Å². The van der Waals surface area contributed by atoms with Crippen LogP contribution >= 0.6 is 0 Å². The first-order valence-electron chi connectivity index (χ1n) is 5.72. The third-order valence-corrected chi connectivity index (χ3v) is 4.80. The zero-order valence-corrected chi connectivity index (χ0v) is 12.6. The van der Waals surface area contributed by atoms with Gasteiger partial charge in [0.05, 0.1) is 8.07 Å². The Balaban J connectivity index is 3.33. The molecule has 0 aliphatic rings. The lowest BCUT2D eigenvalue weighted by molar-refractivity contribution is 1.11. The maximum atomic E-state index is 2.40. The third-order valence-electron chi connectivity index (χ3n) is 2.79. The highest BCUT2D eigenvalue weighted by Crippen LogP contribution is 2.20. The Morgan fingerprint density at radius 2 is 1.44 bits per heavy atom. The highest BCUT2D eigenvalue weighted by molar-refractivity contribution is 6.89. The fourth-order valence-electron chi connectivity index (χ4n) is 1.79. The molecule has 2 nitrogen and oxygen atoms in total. The summed E-state index contributed by atoms with van der Waals surface area (Å²) in [6.07, 6.45) is 0. The van der Waals surface area contributed by atoms with Crippen LogP contribution in [0.15, 0.2) is 18.2 Å². The maximum absolute atomic E-state index is 2.40. The molecule has 16 heavy (non-hydrogen) atoms. The molecule has 3 heteroatoms. The molecule has 0 radical (unpaired) electrons. The van der Waals surface area contributed by atoms with Crippen LogP contribution in [0, 0.1) is 0 Å². The van der Waals surface area contributed by atoms with Crippen LogP contribution in [0.1, 0.15) is 0 Å². The number of hydrogen-bond donors (Lipinski definition) is 0. The second kappa shape index (κ2) is 4.50. The molecular formula is C13H24N2Si. The highest BCUT2D eigenvalue weighted by Gasteiger charge is 2.21. The molecule has 0 amide bonds. The third kappa shape index (κ3) is 2.79. The lowest BCUT2D eigenvalue weighted by atomic mass is 10.2. The molecule has 0 heterocycles. The zero-order valence-electron chi connectivity index (χ0n) is 11.6. The molecule has 0 bridgehead atoms. The van der Waals surface area contributed by atoms with Gasteiger partial charge in [-0.05, 0) is 23.4 Å². The van der Waals surface area contributed by atoms with E-state index in [1.54, 1.807) is 0 Å². The summed E-state index contributed by atoms with van der Waals surface area (Å²) in [5.41, 5.74) is 2.66. The van der Waals surface area contributed by atoms with Crippen LogP contribution in [0.4, 0.5) is 11.4 Å². The van der Waals surface area contributed by atoms with Crippen molar-refractivity contribution < 1.29 is 0 Å². The standard InChI is InChI=1S/C13H24N2Si/c1-14(2)11-8-9-12(15(3)4)13(10-11)16(5,6)7/h8-10H,1-7H3. The average molecular weight is 236 g/mol. The number of anilines is 2. The number of nitrogens with zero attached hydrogens (tertiary/aromatic N) is 2. The molecule has 1 rings (SSSR count). The Morgan fingerprint density at radius 3 is 1.81 bits per heavy atom. The summed E-state index contributed by atoms with van der Waals surface area (Å²) in [6.45, 7) is 7.19. The van der Waals surface area contributed by atoms with Crippen LogP contribution in [0.3, 0.4) is 0 Å². The predicted molar refractivity (Wildman–Crippen MR) is 78.1 cm³/mol. The van der Waals surface area contributed by atoms with Gasteiger partial charge in [0.2, 0.25) is 0 Å². The Morgan fingerprint density at radius 1 is 0.875 bits per heavy atom. The molecule has 1 aromatic rings. The molecule has 0 saturated heterocycles. The lowest BCUT2D eigenvalue weighted by Gasteiger charge is -2.27. The van der Waals surface area contributed by atoms with Gasteiger partial charge < -0.3 is 9.80 Å². The van der Waals surface area contributed by atoms with Gasteiger partial charge in [-0.2, -0.15) is 0 Å². The van der Waals surface area contributed by atoms with Gasteiger partial charge in [-0.3, -0.25) is 0 Å². The molecular weight excluding hydrogens is 212 g/mol. The van der Waals surface area contributed by atoms with Crippen molar-refractivity contribution in [3.8, 4) is 0 Å². The average Bonchev–Trinajstić information content (AvgIpc) is 2.15. The zero-order chi connectivity index (χ0) is 12.5. The number of rotatable bonds is 3. The monoisotopic (exact) mass is 236 g/mol. The SMILES string of the molecule is CN(C)c1ccc(N(C)C)c([Si](C)(C)C)c1. The summed E-state index contributed by atoms with van der Waals surface area (Å²) in [5.74, 6) is 0. The van der Waals surface area contributed by atoms with Crippen molar-refractivity contribution in [2.24, 2.45) is 0 Å². The van der Waals surface area contributed by atoms with Gasteiger partial charge >= 0.3 is 0 Å². The van der Waals surface area contributed by atoms with Crippen LogP contribution < -0.4 is 15.0 Å². The van der Waals surface area contributed by atoms with Crippen molar-refractivity contribution >= 4 is 24.6 Å². The molecule has 0 N–H and O–H groups in total. The first-order valence-corrected chi connectivity index (χ1v) is 9.22. The lowest BCUT2D eigenvalue weighted by Crippen LogP contribution is -2.41. The first kappa shape index (κ1) is 13.1. The minimum atomic E-state index is -1.29. The second-order valence-corrected chi connectivity index (χ2v) is 10.8. The quantitative estimate of drug-likeness (QED) is 0.744. The van der Waals surface area contributed by atoms with Crippen LogP contribution in [-0.2, 0) is 0 Å². The molecule has 90 valence electrons. The van der Waals surface area contributed by atoms with Gasteiger partial charge in [-0.15, -0.1) is 0 Å². The van der Waals surface area contributed by atoms with Crippen LogP contribution in [0.25, 0.3) is 0 Å². The fraction of sp³-hybridized carbons (Fsp3) is 0.538. The first-order chi connectivity index (χ1) is 7.23.